The molecular weight excluding hydrogens is 520 g/mol. The molecule has 2 aromatic carbocycles. The third kappa shape index (κ3) is 2.77. The van der Waals surface area contributed by atoms with Crippen LogP contribution in [0.3, 0.4) is 0 Å². The van der Waals surface area contributed by atoms with Gasteiger partial charge in [-0.05, 0) is 70.8 Å². The molecule has 202 valence electrons. The van der Waals surface area contributed by atoms with Gasteiger partial charge in [-0.25, -0.2) is 0 Å². The Kier molecular flexibility index (Phi) is 4.03. The van der Waals surface area contributed by atoms with Gasteiger partial charge in [-0.1, -0.05) is 48.5 Å². The van der Waals surface area contributed by atoms with E-state index in [4.69, 9.17) is 19.4 Å². The Morgan fingerprint density at radius 1 is 0.405 bits per heavy atom. The van der Waals surface area contributed by atoms with E-state index in [9.17, 15) is 0 Å². The van der Waals surface area contributed by atoms with Crippen LogP contribution >= 0.6 is 0 Å². The van der Waals surface area contributed by atoms with Gasteiger partial charge in [-0.15, -0.1) is 0 Å². The molecule has 2 saturated heterocycles. The first-order valence-electron chi connectivity index (χ1n) is 14.9. The van der Waals surface area contributed by atoms with Crippen LogP contribution in [0, 0.1) is 0 Å². The van der Waals surface area contributed by atoms with Crippen LogP contribution in [-0.4, -0.2) is 19.9 Å². The smallest absolute Gasteiger partial charge is 0.0928 e. The zero-order valence-corrected chi connectivity index (χ0v) is 22.6. The number of nitrogens with one attached hydrogen (secondary N) is 2. The Labute approximate surface area is 241 Å². The molecule has 2 N–H and O–H groups in total. The number of H-pyrrole nitrogens is 2. The third-order valence-electron chi connectivity index (χ3n) is 10.4. The monoisotopic (exact) mass is 546 g/mol. The first kappa shape index (κ1) is 22.1. The van der Waals surface area contributed by atoms with E-state index in [1.807, 2.05) is 0 Å². The Hall–Kier alpha value is -4.52. The largest absolute Gasteiger partial charge is 0.364 e. The minimum atomic E-state index is 0.0341. The van der Waals surface area contributed by atoms with Crippen LogP contribution in [0.2, 0.25) is 0 Å². The van der Waals surface area contributed by atoms with Gasteiger partial charge >= 0.3 is 0 Å². The molecule has 8 atom stereocenters. The highest BCUT2D eigenvalue weighted by Gasteiger charge is 2.57. The van der Waals surface area contributed by atoms with Gasteiger partial charge in [-0.3, -0.25) is 9.97 Å². The number of hydrogen-bond donors (Lipinski definition) is 2. The molecular formula is C36H26N4O2. The molecule has 6 aliphatic rings. The Bertz CT molecular complexity index is 1850. The molecule has 42 heavy (non-hydrogen) atoms. The van der Waals surface area contributed by atoms with E-state index in [-0.39, 0.29) is 48.1 Å². The summed E-state index contributed by atoms with van der Waals surface area (Å²) in [5.74, 6) is 0.802. The van der Waals surface area contributed by atoms with Crippen LogP contribution in [0.4, 0.5) is 0 Å². The fourth-order valence-electron chi connectivity index (χ4n) is 8.83. The summed E-state index contributed by atoms with van der Waals surface area (Å²) in [5.41, 5.74) is 13.8. The van der Waals surface area contributed by atoms with Crippen molar-refractivity contribution in [3.05, 3.63) is 142 Å². The fraction of sp³-hybridized carbons (Fsp3) is 0.222. The van der Waals surface area contributed by atoms with Crippen LogP contribution < -0.4 is 0 Å². The topological polar surface area (TPSA) is 75.8 Å². The van der Waals surface area contributed by atoms with Gasteiger partial charge in [0.15, 0.2) is 0 Å². The Balaban J connectivity index is 1.15. The average molecular weight is 547 g/mol. The van der Waals surface area contributed by atoms with Gasteiger partial charge in [0.1, 0.15) is 0 Å². The van der Waals surface area contributed by atoms with Gasteiger partial charge in [0.2, 0.25) is 0 Å². The van der Waals surface area contributed by atoms with E-state index in [0.717, 1.165) is 44.8 Å². The van der Waals surface area contributed by atoms with Crippen molar-refractivity contribution >= 4 is 22.1 Å². The summed E-state index contributed by atoms with van der Waals surface area (Å²) < 4.78 is 13.3. The zero-order chi connectivity index (χ0) is 27.1. The second-order valence-electron chi connectivity index (χ2n) is 12.6. The van der Waals surface area contributed by atoms with Crippen molar-refractivity contribution in [1.82, 2.24) is 19.9 Å². The number of ether oxygens (including phenoxy) is 2. The molecule has 0 spiro atoms. The number of rotatable bonds is 0. The Morgan fingerprint density at radius 2 is 0.690 bits per heavy atom. The van der Waals surface area contributed by atoms with Crippen LogP contribution in [0.25, 0.3) is 22.1 Å². The van der Waals surface area contributed by atoms with Crippen molar-refractivity contribution in [1.29, 1.82) is 0 Å². The molecule has 0 amide bonds. The fourth-order valence-corrected chi connectivity index (χ4v) is 8.83. The summed E-state index contributed by atoms with van der Waals surface area (Å²) in [6, 6.07) is 34.8. The minimum Gasteiger partial charge on any atom is -0.364 e. The number of aromatic amines is 2. The average Bonchev–Trinajstić information content (AvgIpc) is 3.85. The normalized spacial score (nSPS) is 30.7. The first-order valence-corrected chi connectivity index (χ1v) is 14.9. The standard InChI is InChI=1S/C36H26N4O2/c1-2-6-22-21(5-1)33-29-25-13-17-9-10-19(37-17)15-27-31-32(36-24-8-4-3-7-23(24)35(31)42-36)28(40-27)16-20-12-11-18(38-20)14-26(39-25)30(29)34(22)41-33/h1-16,29-38H/t29-,30+,31-,32+,33-,34+,35-,36+. The van der Waals surface area contributed by atoms with Gasteiger partial charge < -0.3 is 19.4 Å². The highest BCUT2D eigenvalue weighted by atomic mass is 16.5. The number of hydrogen-bond acceptors (Lipinski definition) is 4. The minimum absolute atomic E-state index is 0.0341. The van der Waals surface area contributed by atoms with E-state index < -0.39 is 0 Å². The first-order chi connectivity index (χ1) is 20.8. The highest BCUT2D eigenvalue weighted by Crippen LogP contribution is 2.67. The molecule has 12 bridgehead atoms. The SMILES string of the molecule is c1ccc2c(c1)[C@H]1O[C@@H]2[C@H]2c3cc4ccc(cc5nc(cc6ccc(cc(n3)[C@H]21)[nH]6)[C@@H]1[C@H]5[C@H]2O[C@@H]1c1ccccc12)[nH]4. The molecule has 2 fully saturated rings. The molecule has 11 rings (SSSR count). The van der Waals surface area contributed by atoms with Crippen LogP contribution in [0.1, 0.15) is 93.1 Å². The third-order valence-corrected chi connectivity index (χ3v) is 10.4. The van der Waals surface area contributed by atoms with Crippen molar-refractivity contribution in [2.75, 3.05) is 0 Å². The van der Waals surface area contributed by atoms with Crippen LogP contribution in [-0.2, 0) is 9.47 Å². The summed E-state index contributed by atoms with van der Waals surface area (Å²) in [7, 11) is 0. The summed E-state index contributed by atoms with van der Waals surface area (Å²) in [5, 5.41) is 0. The molecule has 6 aliphatic heterocycles. The summed E-state index contributed by atoms with van der Waals surface area (Å²) in [6.45, 7) is 0. The maximum Gasteiger partial charge on any atom is 0.0928 e. The highest BCUT2D eigenvalue weighted by molar-refractivity contribution is 5.64. The van der Waals surface area contributed by atoms with Gasteiger partial charge in [-0.2, -0.15) is 0 Å². The molecule has 0 saturated carbocycles. The lowest BCUT2D eigenvalue weighted by Gasteiger charge is -2.23. The molecule has 9 heterocycles. The van der Waals surface area contributed by atoms with Gasteiger partial charge in [0, 0.05) is 68.5 Å². The predicted molar refractivity (Wildman–Crippen MR) is 158 cm³/mol. The van der Waals surface area contributed by atoms with E-state index in [1.165, 1.54) is 22.3 Å². The lowest BCUT2D eigenvalue weighted by Crippen LogP contribution is -2.14. The van der Waals surface area contributed by atoms with E-state index in [0.29, 0.717) is 0 Å². The molecule has 0 aliphatic carbocycles. The van der Waals surface area contributed by atoms with Gasteiger partial charge in [0.25, 0.3) is 0 Å². The summed E-state index contributed by atoms with van der Waals surface area (Å²) >= 11 is 0. The van der Waals surface area contributed by atoms with Crippen molar-refractivity contribution in [2.45, 2.75) is 48.1 Å². The van der Waals surface area contributed by atoms with Crippen LogP contribution in [0.15, 0.2) is 97.1 Å². The lowest BCUT2D eigenvalue weighted by molar-refractivity contribution is 0.0624. The van der Waals surface area contributed by atoms with Crippen molar-refractivity contribution in [2.24, 2.45) is 0 Å². The molecule has 6 heteroatoms. The van der Waals surface area contributed by atoms with Crippen LogP contribution in [0.5, 0.6) is 0 Å². The maximum absolute atomic E-state index is 6.65. The summed E-state index contributed by atoms with van der Waals surface area (Å²) in [4.78, 5) is 17.8. The quantitative estimate of drug-likeness (QED) is 0.209. The second kappa shape index (κ2) is 7.65. The summed E-state index contributed by atoms with van der Waals surface area (Å²) in [6.07, 6.45) is 0.136. The second-order valence-corrected chi connectivity index (χ2v) is 12.6. The number of fused-ring (bicyclic) bond motifs is 28. The van der Waals surface area contributed by atoms with E-state index >= 15 is 0 Å². The lowest BCUT2D eigenvalue weighted by atomic mass is 9.75. The number of nitrogens with zero attached hydrogens (tertiary/aromatic N) is 2. The van der Waals surface area contributed by atoms with Crippen molar-refractivity contribution < 1.29 is 9.47 Å². The number of benzene rings is 2. The zero-order valence-electron chi connectivity index (χ0n) is 22.6. The van der Waals surface area contributed by atoms with E-state index in [2.05, 4.69) is 107 Å². The number of aromatic nitrogens is 4. The van der Waals surface area contributed by atoms with Crippen molar-refractivity contribution in [3.63, 3.8) is 0 Å². The molecule has 6 nitrogen and oxygen atoms in total. The van der Waals surface area contributed by atoms with Crippen molar-refractivity contribution in [3.8, 4) is 0 Å². The van der Waals surface area contributed by atoms with Gasteiger partial charge in [0.05, 0.1) is 24.4 Å². The molecule has 3 aromatic heterocycles. The Morgan fingerprint density at radius 3 is 0.976 bits per heavy atom. The van der Waals surface area contributed by atoms with E-state index in [1.54, 1.807) is 0 Å². The molecule has 0 unspecified atom stereocenters. The molecule has 5 aromatic rings. The molecule has 0 radical (unpaired) electrons. The maximum atomic E-state index is 6.65. The predicted octanol–water partition coefficient (Wildman–Crippen LogP) is 7.70.